The molecule has 0 rings (SSSR count). The molecule has 0 spiro atoms. The van der Waals surface area contributed by atoms with Crippen molar-refractivity contribution in [2.45, 2.75) is 59.2 Å². The molecule has 2 N–H and O–H groups in total. The van der Waals surface area contributed by atoms with Crippen LogP contribution in [0.1, 0.15) is 48.0 Å². The third-order valence-corrected chi connectivity index (χ3v) is 1.62. The summed E-state index contributed by atoms with van der Waals surface area (Å²) in [6.07, 6.45) is 0.323. The number of nitrogens with one attached hydrogen (secondary N) is 2. The highest BCUT2D eigenvalue weighted by molar-refractivity contribution is 5.70. The van der Waals surface area contributed by atoms with Gasteiger partial charge in [0.15, 0.2) is 0 Å². The van der Waals surface area contributed by atoms with Gasteiger partial charge in [-0.1, -0.05) is 0 Å². The minimum atomic E-state index is -0.428. The van der Waals surface area contributed by atoms with Gasteiger partial charge in [0.25, 0.3) is 0 Å². The number of carbonyl (C=O) groups excluding carboxylic acids is 1. The number of carbonyl (C=O) groups is 1. The maximum atomic E-state index is 11.4. The van der Waals surface area contributed by atoms with Crippen LogP contribution in [0.25, 0.3) is 0 Å². The van der Waals surface area contributed by atoms with E-state index in [1.54, 1.807) is 0 Å². The predicted molar refractivity (Wildman–Crippen MR) is 73.3 cm³/mol. The third kappa shape index (κ3) is 15.3. The predicted octanol–water partition coefficient (Wildman–Crippen LogP) is 1.56. The molecule has 0 aromatic rings. The molecule has 0 aliphatic rings. The fraction of sp³-hybridized carbons (Fsp3) is 0.923. The average molecular weight is 276 g/mol. The van der Waals surface area contributed by atoms with Gasteiger partial charge in [0.05, 0.1) is 18.6 Å². The molecule has 6 nitrogen and oxygen atoms in total. The average Bonchev–Trinajstić information content (AvgIpc) is 2.17. The van der Waals surface area contributed by atoms with Crippen LogP contribution in [0.15, 0.2) is 0 Å². The summed E-state index contributed by atoms with van der Waals surface area (Å²) < 4.78 is 5.17. The van der Waals surface area contributed by atoms with E-state index in [0.717, 1.165) is 0 Å². The van der Waals surface area contributed by atoms with Gasteiger partial charge in [-0.05, 0) is 41.5 Å². The molecule has 0 heterocycles. The lowest BCUT2D eigenvalue weighted by molar-refractivity contribution is -0.347. The Balaban J connectivity index is 3.35. The first-order valence-corrected chi connectivity index (χ1v) is 6.58. The van der Waals surface area contributed by atoms with Crippen molar-refractivity contribution in [3.8, 4) is 0 Å². The minimum Gasteiger partial charge on any atom is -0.460 e. The summed E-state index contributed by atoms with van der Waals surface area (Å²) in [4.78, 5) is 21.5. The Bertz CT molecular complexity index is 256. The highest BCUT2D eigenvalue weighted by Crippen LogP contribution is 2.07. The molecular formula is C13H28N2O4. The van der Waals surface area contributed by atoms with E-state index >= 15 is 0 Å². The molecule has 0 aliphatic carbocycles. The van der Waals surface area contributed by atoms with Crippen LogP contribution >= 0.6 is 0 Å². The smallest absolute Gasteiger partial charge is 0.307 e. The molecule has 0 saturated carbocycles. The molecule has 19 heavy (non-hydrogen) atoms. The summed E-state index contributed by atoms with van der Waals surface area (Å²) in [7, 11) is 0. The first kappa shape index (κ1) is 18.3. The lowest BCUT2D eigenvalue weighted by atomic mass is 10.2. The molecular weight excluding hydrogens is 248 g/mol. The van der Waals surface area contributed by atoms with Gasteiger partial charge in [-0.3, -0.25) is 15.6 Å². The van der Waals surface area contributed by atoms with E-state index in [2.05, 4.69) is 10.9 Å². The van der Waals surface area contributed by atoms with E-state index < -0.39 is 5.60 Å². The second kappa shape index (κ2) is 8.47. The zero-order chi connectivity index (χ0) is 14.9. The molecule has 0 saturated heterocycles. The van der Waals surface area contributed by atoms with Crippen molar-refractivity contribution >= 4 is 5.97 Å². The number of rotatable bonds is 8. The van der Waals surface area contributed by atoms with Crippen molar-refractivity contribution in [3.05, 3.63) is 0 Å². The molecule has 0 bridgehead atoms. The first-order chi connectivity index (χ1) is 8.60. The molecule has 0 atom stereocenters. The van der Waals surface area contributed by atoms with E-state index in [1.807, 2.05) is 41.5 Å². The highest BCUT2D eigenvalue weighted by atomic mass is 17.2. The Morgan fingerprint density at radius 1 is 0.947 bits per heavy atom. The van der Waals surface area contributed by atoms with Gasteiger partial charge in [-0.2, -0.15) is 0 Å². The van der Waals surface area contributed by atoms with Crippen LogP contribution in [0.4, 0.5) is 0 Å². The quantitative estimate of drug-likeness (QED) is 0.303. The van der Waals surface area contributed by atoms with Crippen LogP contribution in [-0.4, -0.2) is 36.9 Å². The second-order valence-corrected chi connectivity index (χ2v) is 6.21. The van der Waals surface area contributed by atoms with Crippen LogP contribution in [-0.2, 0) is 19.3 Å². The fourth-order valence-electron chi connectivity index (χ4n) is 1.05. The summed E-state index contributed by atoms with van der Waals surface area (Å²) in [5.74, 6) is -0.214. The molecule has 6 heteroatoms. The fourth-order valence-corrected chi connectivity index (χ4v) is 1.05. The van der Waals surface area contributed by atoms with Crippen molar-refractivity contribution in [2.75, 3.05) is 19.7 Å². The molecule has 0 radical (unpaired) electrons. The summed E-state index contributed by atoms with van der Waals surface area (Å²) in [6.45, 7) is 12.8. The monoisotopic (exact) mass is 276 g/mol. The molecule has 0 amide bonds. The topological polar surface area (TPSA) is 68.8 Å². The van der Waals surface area contributed by atoms with Crippen LogP contribution in [0.3, 0.4) is 0 Å². The summed E-state index contributed by atoms with van der Waals surface area (Å²) in [5.41, 5.74) is 5.11. The number of hydrogen-bond donors (Lipinski definition) is 2. The number of hydrogen-bond acceptors (Lipinski definition) is 6. The Kier molecular flexibility index (Phi) is 8.17. The standard InChI is InChI=1S/C13H28N2O4/c1-12(2,3)18-11(16)7-8-14-15-9-10-17-19-13(4,5)6/h14-15H,7-10H2,1-6H3. The van der Waals surface area contributed by atoms with E-state index in [1.165, 1.54) is 0 Å². The zero-order valence-corrected chi connectivity index (χ0v) is 13.0. The van der Waals surface area contributed by atoms with Gasteiger partial charge in [-0.15, -0.1) is 0 Å². The maximum absolute atomic E-state index is 11.4. The van der Waals surface area contributed by atoms with Crippen LogP contribution in [0.5, 0.6) is 0 Å². The van der Waals surface area contributed by atoms with E-state index in [9.17, 15) is 4.79 Å². The first-order valence-electron chi connectivity index (χ1n) is 6.58. The van der Waals surface area contributed by atoms with Crippen molar-refractivity contribution in [1.82, 2.24) is 10.9 Å². The summed E-state index contributed by atoms with van der Waals surface area (Å²) >= 11 is 0. The van der Waals surface area contributed by atoms with E-state index in [-0.39, 0.29) is 11.6 Å². The summed E-state index contributed by atoms with van der Waals surface area (Å²) in [5, 5.41) is 0. The Hall–Kier alpha value is -0.690. The van der Waals surface area contributed by atoms with Crippen LogP contribution in [0.2, 0.25) is 0 Å². The number of ether oxygens (including phenoxy) is 1. The van der Waals surface area contributed by atoms with Crippen molar-refractivity contribution in [1.29, 1.82) is 0 Å². The Labute approximate surface area is 116 Å². The lowest BCUT2D eigenvalue weighted by Gasteiger charge is -2.19. The third-order valence-electron chi connectivity index (χ3n) is 1.62. The molecule has 0 unspecified atom stereocenters. The van der Waals surface area contributed by atoms with Crippen LogP contribution < -0.4 is 10.9 Å². The molecule has 0 fully saturated rings. The van der Waals surface area contributed by atoms with Crippen molar-refractivity contribution in [2.24, 2.45) is 0 Å². The number of hydrazine groups is 1. The zero-order valence-electron chi connectivity index (χ0n) is 13.0. The molecule has 0 aromatic heterocycles. The van der Waals surface area contributed by atoms with E-state index in [0.29, 0.717) is 26.1 Å². The Morgan fingerprint density at radius 3 is 2.05 bits per heavy atom. The van der Waals surface area contributed by atoms with Crippen molar-refractivity contribution in [3.63, 3.8) is 0 Å². The maximum Gasteiger partial charge on any atom is 0.307 e. The van der Waals surface area contributed by atoms with Gasteiger partial charge >= 0.3 is 5.97 Å². The lowest BCUT2D eigenvalue weighted by Crippen LogP contribution is -2.37. The minimum absolute atomic E-state index is 0.214. The molecule has 0 aliphatic heterocycles. The van der Waals surface area contributed by atoms with Gasteiger partial charge in [0.2, 0.25) is 0 Å². The molecule has 114 valence electrons. The van der Waals surface area contributed by atoms with Crippen molar-refractivity contribution < 1.29 is 19.3 Å². The van der Waals surface area contributed by atoms with Gasteiger partial charge in [-0.25, -0.2) is 9.78 Å². The highest BCUT2D eigenvalue weighted by Gasteiger charge is 2.15. The van der Waals surface area contributed by atoms with Gasteiger partial charge in [0.1, 0.15) is 5.60 Å². The normalized spacial score (nSPS) is 12.5. The molecule has 0 aromatic carbocycles. The Morgan fingerprint density at radius 2 is 1.53 bits per heavy atom. The van der Waals surface area contributed by atoms with Gasteiger partial charge < -0.3 is 4.74 Å². The SMILES string of the molecule is CC(C)(C)OOCCNNCCC(=O)OC(C)(C)C. The number of esters is 1. The van der Waals surface area contributed by atoms with Crippen LogP contribution in [0, 0.1) is 0 Å². The summed E-state index contributed by atoms with van der Waals surface area (Å²) in [6, 6.07) is 0. The van der Waals surface area contributed by atoms with Gasteiger partial charge in [0, 0.05) is 13.1 Å². The second-order valence-electron chi connectivity index (χ2n) is 6.21. The van der Waals surface area contributed by atoms with E-state index in [4.69, 9.17) is 14.5 Å². The largest absolute Gasteiger partial charge is 0.460 e.